The molecule has 1 rings (SSSR count). The van der Waals surface area contributed by atoms with Gasteiger partial charge in [0, 0.05) is 13.1 Å². The van der Waals surface area contributed by atoms with Crippen LogP contribution in [0.2, 0.25) is 0 Å². The van der Waals surface area contributed by atoms with Gasteiger partial charge < -0.3 is 21.3 Å². The molecular weight excluding hydrogens is 228 g/mol. The van der Waals surface area contributed by atoms with Crippen LogP contribution in [0.4, 0.5) is 0 Å². The van der Waals surface area contributed by atoms with Crippen LogP contribution in [0.25, 0.3) is 0 Å². The van der Waals surface area contributed by atoms with Crippen molar-refractivity contribution >= 4 is 23.6 Å². The monoisotopic (exact) mass is 242 g/mol. The fourth-order valence-electron chi connectivity index (χ4n) is 1.16. The maximum atomic E-state index is 11.2. The van der Waals surface area contributed by atoms with E-state index in [0.717, 1.165) is 0 Å². The zero-order chi connectivity index (χ0) is 12.7. The van der Waals surface area contributed by atoms with Gasteiger partial charge in [-0.15, -0.1) is 0 Å². The molecule has 0 saturated carbocycles. The zero-order valence-corrected chi connectivity index (χ0v) is 9.17. The molecule has 0 bridgehead atoms. The van der Waals surface area contributed by atoms with E-state index in [9.17, 15) is 19.2 Å². The van der Waals surface area contributed by atoms with Crippen LogP contribution in [0.5, 0.6) is 0 Å². The maximum Gasteiger partial charge on any atom is 0.239 e. The highest BCUT2D eigenvalue weighted by Crippen LogP contribution is 1.81. The number of rotatable bonds is 0. The van der Waals surface area contributed by atoms with Gasteiger partial charge in [0.15, 0.2) is 0 Å². The molecular formula is C9H14N4O4. The molecule has 1 aliphatic rings. The lowest BCUT2D eigenvalue weighted by Crippen LogP contribution is -2.42. The van der Waals surface area contributed by atoms with Gasteiger partial charge in [-0.2, -0.15) is 0 Å². The fourth-order valence-corrected chi connectivity index (χ4v) is 1.16. The number of carbonyl (C=O) groups excluding carboxylic acids is 4. The van der Waals surface area contributed by atoms with Gasteiger partial charge in [0.25, 0.3) is 0 Å². The first kappa shape index (κ1) is 12.9. The van der Waals surface area contributed by atoms with Crippen LogP contribution < -0.4 is 21.3 Å². The van der Waals surface area contributed by atoms with Gasteiger partial charge in [-0.1, -0.05) is 0 Å². The van der Waals surface area contributed by atoms with Crippen molar-refractivity contribution in [2.75, 3.05) is 26.2 Å². The molecule has 0 radical (unpaired) electrons. The van der Waals surface area contributed by atoms with Gasteiger partial charge in [0.2, 0.25) is 23.6 Å². The third kappa shape index (κ3) is 5.50. The summed E-state index contributed by atoms with van der Waals surface area (Å²) >= 11 is 0. The van der Waals surface area contributed by atoms with E-state index in [1.54, 1.807) is 0 Å². The van der Waals surface area contributed by atoms with Crippen LogP contribution in [-0.2, 0) is 19.2 Å². The molecule has 0 unspecified atom stereocenters. The van der Waals surface area contributed by atoms with Crippen LogP contribution >= 0.6 is 0 Å². The number of carbonyl (C=O) groups is 4. The summed E-state index contributed by atoms with van der Waals surface area (Å²) in [4.78, 5) is 44.6. The van der Waals surface area contributed by atoms with Gasteiger partial charge in [-0.05, 0) is 0 Å². The normalized spacial score (nSPS) is 19.8. The van der Waals surface area contributed by atoms with Crippen molar-refractivity contribution < 1.29 is 19.2 Å². The second-order valence-corrected chi connectivity index (χ2v) is 3.43. The lowest BCUT2D eigenvalue weighted by Gasteiger charge is -2.06. The molecule has 0 aromatic rings. The minimum absolute atomic E-state index is 0.150. The van der Waals surface area contributed by atoms with E-state index < -0.39 is 17.7 Å². The van der Waals surface area contributed by atoms with E-state index in [2.05, 4.69) is 21.3 Å². The average molecular weight is 242 g/mol. The smallest absolute Gasteiger partial charge is 0.239 e. The van der Waals surface area contributed by atoms with Crippen LogP contribution in [0.15, 0.2) is 0 Å². The van der Waals surface area contributed by atoms with E-state index in [1.165, 1.54) is 0 Å². The predicted molar refractivity (Wildman–Crippen MR) is 56.7 cm³/mol. The lowest BCUT2D eigenvalue weighted by atomic mass is 10.3. The van der Waals surface area contributed by atoms with E-state index in [-0.39, 0.29) is 38.5 Å². The molecule has 4 N–H and O–H groups in total. The van der Waals surface area contributed by atoms with Gasteiger partial charge in [-0.25, -0.2) is 0 Å². The first-order chi connectivity index (χ1) is 8.08. The zero-order valence-electron chi connectivity index (χ0n) is 9.17. The van der Waals surface area contributed by atoms with Gasteiger partial charge >= 0.3 is 0 Å². The highest BCUT2D eigenvalue weighted by atomic mass is 16.2. The van der Waals surface area contributed by atoms with Gasteiger partial charge in [0.1, 0.15) is 6.42 Å². The van der Waals surface area contributed by atoms with Crippen molar-refractivity contribution in [3.05, 3.63) is 0 Å². The summed E-state index contributed by atoms with van der Waals surface area (Å²) in [7, 11) is 0. The third-order valence-corrected chi connectivity index (χ3v) is 1.98. The Morgan fingerprint density at radius 3 is 1.65 bits per heavy atom. The Morgan fingerprint density at radius 1 is 0.588 bits per heavy atom. The van der Waals surface area contributed by atoms with Crippen LogP contribution in [-0.4, -0.2) is 49.8 Å². The summed E-state index contributed by atoms with van der Waals surface area (Å²) in [6.45, 7) is 0.0932. The highest BCUT2D eigenvalue weighted by Gasteiger charge is 2.12. The van der Waals surface area contributed by atoms with Crippen LogP contribution in [0.1, 0.15) is 6.42 Å². The molecule has 1 fully saturated rings. The first-order valence-electron chi connectivity index (χ1n) is 5.14. The molecule has 0 aromatic carbocycles. The van der Waals surface area contributed by atoms with E-state index in [0.29, 0.717) is 0 Å². The largest absolute Gasteiger partial charge is 0.354 e. The minimum atomic E-state index is -0.531. The Labute approximate surface area is 97.5 Å². The molecule has 4 amide bonds. The maximum absolute atomic E-state index is 11.2. The Morgan fingerprint density at radius 2 is 1.00 bits per heavy atom. The summed E-state index contributed by atoms with van der Waals surface area (Å²) in [5, 5.41) is 9.57. The molecule has 8 heteroatoms. The van der Waals surface area contributed by atoms with Crippen molar-refractivity contribution in [1.29, 1.82) is 0 Å². The second-order valence-electron chi connectivity index (χ2n) is 3.43. The number of hydrogen-bond donors (Lipinski definition) is 4. The second kappa shape index (κ2) is 6.46. The number of nitrogens with one attached hydrogen (secondary N) is 4. The standard InChI is InChI=1S/C9H14N4O4/c14-6-3-7(15)12-5-9(17)13-4-8(16)11-2-1-10-6/h1-5H2,(H,10,14)(H,11,16)(H,12,15)(H,13,17). The molecule has 17 heavy (non-hydrogen) atoms. The first-order valence-corrected chi connectivity index (χ1v) is 5.14. The van der Waals surface area contributed by atoms with Gasteiger partial charge in [0.05, 0.1) is 13.1 Å². The minimum Gasteiger partial charge on any atom is -0.354 e. The average Bonchev–Trinajstić information content (AvgIpc) is 2.29. The molecule has 1 saturated heterocycles. The summed E-state index contributed by atoms with van der Waals surface area (Å²) in [6, 6.07) is 0. The van der Waals surface area contributed by atoms with Crippen molar-refractivity contribution in [2.24, 2.45) is 0 Å². The third-order valence-electron chi connectivity index (χ3n) is 1.98. The van der Waals surface area contributed by atoms with E-state index in [1.807, 2.05) is 0 Å². The van der Waals surface area contributed by atoms with E-state index >= 15 is 0 Å². The number of hydrogen-bond acceptors (Lipinski definition) is 4. The lowest BCUT2D eigenvalue weighted by molar-refractivity contribution is -0.131. The Bertz CT molecular complexity index is 342. The summed E-state index contributed by atoms with van der Waals surface area (Å²) in [5.74, 6) is -1.81. The van der Waals surface area contributed by atoms with Crippen molar-refractivity contribution in [3.8, 4) is 0 Å². The van der Waals surface area contributed by atoms with Gasteiger partial charge in [-0.3, -0.25) is 19.2 Å². The Hall–Kier alpha value is -2.12. The topological polar surface area (TPSA) is 116 Å². The molecule has 94 valence electrons. The van der Waals surface area contributed by atoms with E-state index in [4.69, 9.17) is 0 Å². The van der Waals surface area contributed by atoms with Crippen molar-refractivity contribution in [3.63, 3.8) is 0 Å². The van der Waals surface area contributed by atoms with Crippen LogP contribution in [0, 0.1) is 0 Å². The highest BCUT2D eigenvalue weighted by molar-refractivity contribution is 5.98. The molecule has 1 aliphatic heterocycles. The molecule has 0 spiro atoms. The predicted octanol–water partition coefficient (Wildman–Crippen LogP) is -3.15. The van der Waals surface area contributed by atoms with Crippen molar-refractivity contribution in [1.82, 2.24) is 21.3 Å². The quantitative estimate of drug-likeness (QED) is 0.336. The Kier molecular flexibility index (Phi) is 4.92. The molecule has 0 aliphatic carbocycles. The molecule has 0 atom stereocenters. The summed E-state index contributed by atoms with van der Waals surface area (Å²) in [6.07, 6.45) is -0.332. The molecule has 8 nitrogen and oxygen atoms in total. The molecule has 0 aromatic heterocycles. The van der Waals surface area contributed by atoms with Crippen molar-refractivity contribution in [2.45, 2.75) is 6.42 Å². The van der Waals surface area contributed by atoms with Crippen LogP contribution in [0.3, 0.4) is 0 Å². The summed E-state index contributed by atoms with van der Waals surface area (Å²) in [5.41, 5.74) is 0. The summed E-state index contributed by atoms with van der Waals surface area (Å²) < 4.78 is 0. The molecule has 1 heterocycles. The SMILES string of the molecule is O=C1CNC(=O)CNC(=O)CC(=O)NCCN1. The Balaban J connectivity index is 2.51. The fraction of sp³-hybridized carbons (Fsp3) is 0.556. The number of amides is 4.